The van der Waals surface area contributed by atoms with Crippen LogP contribution in [0, 0.1) is 6.92 Å². The number of aromatic nitrogens is 2. The standard InChI is InChI=1S/C21H16BrN3O3S/c1-13-6-7-17(24-20(27)15-4-2-3-5-16(15)22)18(10-13)28-12-14-11-19(26)25-8-9-29-21(25)23-14/h2-11H,12H2,1H3,(H,24,27). The third-order valence-corrected chi connectivity index (χ3v) is 5.68. The number of carbonyl (C=O) groups excluding carboxylic acids is 1. The summed E-state index contributed by atoms with van der Waals surface area (Å²) >= 11 is 4.78. The molecule has 4 rings (SSSR count). The van der Waals surface area contributed by atoms with E-state index in [-0.39, 0.29) is 18.1 Å². The molecule has 0 spiro atoms. The van der Waals surface area contributed by atoms with Crippen molar-refractivity contribution in [3.63, 3.8) is 0 Å². The van der Waals surface area contributed by atoms with Crippen molar-refractivity contribution in [3.8, 4) is 5.75 Å². The van der Waals surface area contributed by atoms with Crippen LogP contribution in [0.25, 0.3) is 4.96 Å². The Hall–Kier alpha value is -2.97. The second-order valence-electron chi connectivity index (χ2n) is 6.36. The maximum absolute atomic E-state index is 12.7. The molecule has 0 saturated carbocycles. The first-order valence-electron chi connectivity index (χ1n) is 8.76. The minimum absolute atomic E-state index is 0.116. The van der Waals surface area contributed by atoms with E-state index in [1.165, 1.54) is 21.8 Å². The van der Waals surface area contributed by atoms with E-state index < -0.39 is 0 Å². The number of carbonyl (C=O) groups is 1. The summed E-state index contributed by atoms with van der Waals surface area (Å²) in [7, 11) is 0. The lowest BCUT2D eigenvalue weighted by molar-refractivity contribution is 0.102. The summed E-state index contributed by atoms with van der Waals surface area (Å²) in [6, 6.07) is 14.2. The molecule has 0 atom stereocenters. The monoisotopic (exact) mass is 469 g/mol. The lowest BCUT2D eigenvalue weighted by Gasteiger charge is -2.14. The molecule has 0 aliphatic rings. The Morgan fingerprint density at radius 3 is 2.90 bits per heavy atom. The van der Waals surface area contributed by atoms with Crippen molar-refractivity contribution in [3.05, 3.63) is 91.8 Å². The average Bonchev–Trinajstić information content (AvgIpc) is 3.17. The minimum Gasteiger partial charge on any atom is -0.485 e. The van der Waals surface area contributed by atoms with Gasteiger partial charge in [-0.2, -0.15) is 0 Å². The fourth-order valence-corrected chi connectivity index (χ4v) is 4.00. The molecule has 0 aliphatic heterocycles. The normalized spacial score (nSPS) is 10.8. The van der Waals surface area contributed by atoms with Crippen molar-refractivity contribution >= 4 is 43.8 Å². The molecule has 0 saturated heterocycles. The quantitative estimate of drug-likeness (QED) is 0.461. The number of hydrogen-bond acceptors (Lipinski definition) is 5. The smallest absolute Gasteiger partial charge is 0.258 e. The molecule has 2 aromatic heterocycles. The summed E-state index contributed by atoms with van der Waals surface area (Å²) in [6.45, 7) is 2.06. The number of aryl methyl sites for hydroxylation is 1. The van der Waals surface area contributed by atoms with Gasteiger partial charge in [-0.25, -0.2) is 4.98 Å². The van der Waals surface area contributed by atoms with Crippen LogP contribution in [0.5, 0.6) is 5.75 Å². The predicted octanol–water partition coefficient (Wildman–Crippen LogP) is 4.66. The number of nitrogens with zero attached hydrogens (tertiary/aromatic N) is 2. The summed E-state index contributed by atoms with van der Waals surface area (Å²) in [5.74, 6) is 0.265. The van der Waals surface area contributed by atoms with E-state index in [4.69, 9.17) is 4.74 Å². The Labute approximate surface area is 178 Å². The van der Waals surface area contributed by atoms with Crippen molar-refractivity contribution in [1.82, 2.24) is 9.38 Å². The van der Waals surface area contributed by atoms with Crippen LogP contribution < -0.4 is 15.6 Å². The Morgan fingerprint density at radius 1 is 1.24 bits per heavy atom. The number of benzene rings is 2. The summed E-state index contributed by atoms with van der Waals surface area (Å²) < 4.78 is 8.12. The van der Waals surface area contributed by atoms with Gasteiger partial charge in [-0.3, -0.25) is 14.0 Å². The molecule has 0 aliphatic carbocycles. The van der Waals surface area contributed by atoms with Gasteiger partial charge in [0.2, 0.25) is 0 Å². The number of thiazole rings is 1. The maximum atomic E-state index is 12.7. The fourth-order valence-electron chi connectivity index (χ4n) is 2.80. The summed E-state index contributed by atoms with van der Waals surface area (Å²) in [5.41, 5.74) is 2.44. The van der Waals surface area contributed by atoms with Gasteiger partial charge in [0.25, 0.3) is 11.5 Å². The predicted molar refractivity (Wildman–Crippen MR) is 117 cm³/mol. The van der Waals surface area contributed by atoms with Crippen LogP contribution >= 0.6 is 27.3 Å². The minimum atomic E-state index is -0.248. The molecular formula is C21H16BrN3O3S. The molecule has 1 amide bonds. The van der Waals surface area contributed by atoms with Crippen molar-refractivity contribution in [2.75, 3.05) is 5.32 Å². The second-order valence-corrected chi connectivity index (χ2v) is 8.09. The van der Waals surface area contributed by atoms with Crippen molar-refractivity contribution in [2.24, 2.45) is 0 Å². The number of rotatable bonds is 5. The first kappa shape index (κ1) is 19.4. The molecule has 0 radical (unpaired) electrons. The van der Waals surface area contributed by atoms with E-state index in [1.807, 2.05) is 36.6 Å². The number of ether oxygens (including phenoxy) is 1. The Bertz CT molecular complexity index is 1270. The molecule has 0 unspecified atom stereocenters. The molecule has 2 heterocycles. The highest BCUT2D eigenvalue weighted by Gasteiger charge is 2.13. The highest BCUT2D eigenvalue weighted by molar-refractivity contribution is 9.10. The zero-order valence-electron chi connectivity index (χ0n) is 15.4. The number of fused-ring (bicyclic) bond motifs is 1. The van der Waals surface area contributed by atoms with Crippen molar-refractivity contribution < 1.29 is 9.53 Å². The fraction of sp³-hybridized carbons (Fsp3) is 0.0952. The van der Waals surface area contributed by atoms with Gasteiger partial charge in [-0.15, -0.1) is 11.3 Å². The zero-order valence-corrected chi connectivity index (χ0v) is 17.8. The van der Waals surface area contributed by atoms with Gasteiger partial charge in [0.15, 0.2) is 4.96 Å². The summed E-state index contributed by atoms with van der Waals surface area (Å²) in [5, 5.41) is 4.70. The van der Waals surface area contributed by atoms with Crippen LogP contribution in [-0.2, 0) is 6.61 Å². The van der Waals surface area contributed by atoms with E-state index in [2.05, 4.69) is 26.2 Å². The maximum Gasteiger partial charge on any atom is 0.258 e. The van der Waals surface area contributed by atoms with Crippen LogP contribution in [0.1, 0.15) is 21.6 Å². The van der Waals surface area contributed by atoms with Gasteiger partial charge in [0.1, 0.15) is 12.4 Å². The van der Waals surface area contributed by atoms with E-state index in [0.717, 1.165) is 5.56 Å². The van der Waals surface area contributed by atoms with Crippen LogP contribution in [-0.4, -0.2) is 15.3 Å². The van der Waals surface area contributed by atoms with Gasteiger partial charge >= 0.3 is 0 Å². The highest BCUT2D eigenvalue weighted by atomic mass is 79.9. The van der Waals surface area contributed by atoms with E-state index >= 15 is 0 Å². The second kappa shape index (κ2) is 8.18. The Kier molecular flexibility index (Phi) is 5.46. The lowest BCUT2D eigenvalue weighted by Crippen LogP contribution is -2.15. The van der Waals surface area contributed by atoms with E-state index in [1.54, 1.807) is 24.4 Å². The molecule has 0 fully saturated rings. The first-order chi connectivity index (χ1) is 14.0. The molecule has 2 aromatic carbocycles. The first-order valence-corrected chi connectivity index (χ1v) is 10.4. The highest BCUT2D eigenvalue weighted by Crippen LogP contribution is 2.28. The molecule has 4 aromatic rings. The lowest BCUT2D eigenvalue weighted by atomic mass is 10.2. The van der Waals surface area contributed by atoms with Gasteiger partial charge in [0, 0.05) is 22.1 Å². The molecule has 0 bridgehead atoms. The third-order valence-electron chi connectivity index (χ3n) is 4.24. The van der Waals surface area contributed by atoms with Crippen LogP contribution in [0.3, 0.4) is 0 Å². The summed E-state index contributed by atoms with van der Waals surface area (Å²) in [6.07, 6.45) is 1.69. The van der Waals surface area contributed by atoms with Gasteiger partial charge < -0.3 is 10.1 Å². The Balaban J connectivity index is 1.57. The molecule has 6 nitrogen and oxygen atoms in total. The molecular weight excluding hydrogens is 454 g/mol. The molecule has 29 heavy (non-hydrogen) atoms. The third kappa shape index (κ3) is 4.23. The van der Waals surface area contributed by atoms with Gasteiger partial charge in [-0.1, -0.05) is 18.2 Å². The van der Waals surface area contributed by atoms with Crippen molar-refractivity contribution in [1.29, 1.82) is 0 Å². The molecule has 1 N–H and O–H groups in total. The number of hydrogen-bond donors (Lipinski definition) is 1. The SMILES string of the molecule is Cc1ccc(NC(=O)c2ccccc2Br)c(OCc2cc(=O)n3ccsc3n2)c1. The molecule has 8 heteroatoms. The van der Waals surface area contributed by atoms with Crippen LogP contribution in [0.4, 0.5) is 5.69 Å². The van der Waals surface area contributed by atoms with Crippen molar-refractivity contribution in [2.45, 2.75) is 13.5 Å². The number of halogens is 1. The number of nitrogens with one attached hydrogen (secondary N) is 1. The summed E-state index contributed by atoms with van der Waals surface area (Å²) in [4.78, 5) is 29.9. The zero-order chi connectivity index (χ0) is 20.4. The van der Waals surface area contributed by atoms with Crippen LogP contribution in [0.2, 0.25) is 0 Å². The van der Waals surface area contributed by atoms with E-state index in [0.29, 0.717) is 32.1 Å². The Morgan fingerprint density at radius 2 is 2.07 bits per heavy atom. The van der Waals surface area contributed by atoms with Gasteiger partial charge in [0.05, 0.1) is 16.9 Å². The van der Waals surface area contributed by atoms with Crippen LogP contribution in [0.15, 0.2) is 69.4 Å². The van der Waals surface area contributed by atoms with E-state index in [9.17, 15) is 9.59 Å². The topological polar surface area (TPSA) is 72.7 Å². The largest absolute Gasteiger partial charge is 0.485 e. The van der Waals surface area contributed by atoms with Gasteiger partial charge in [-0.05, 0) is 52.7 Å². The number of amides is 1. The number of anilines is 1. The average molecular weight is 470 g/mol. The molecule has 146 valence electrons.